The molecule has 1 saturated heterocycles. The summed E-state index contributed by atoms with van der Waals surface area (Å²) in [4.78, 5) is 37.6. The molecule has 1 amide bonds. The number of hydrogen-bond donors (Lipinski definition) is 0. The molecule has 0 N–H and O–H groups in total. The lowest BCUT2D eigenvalue weighted by Gasteiger charge is -2.28. The van der Waals surface area contributed by atoms with E-state index in [9.17, 15) is 14.4 Å². The van der Waals surface area contributed by atoms with Gasteiger partial charge in [-0.2, -0.15) is 0 Å². The van der Waals surface area contributed by atoms with Gasteiger partial charge in [0, 0.05) is 19.5 Å². The zero-order valence-corrected chi connectivity index (χ0v) is 13.5. The molecular formula is C15H25NO5. The van der Waals surface area contributed by atoms with Crippen molar-refractivity contribution in [2.24, 2.45) is 11.8 Å². The first kappa shape index (κ1) is 17.5. The van der Waals surface area contributed by atoms with E-state index in [2.05, 4.69) is 0 Å². The topological polar surface area (TPSA) is 72.9 Å². The molecular weight excluding hydrogens is 274 g/mol. The van der Waals surface area contributed by atoms with E-state index in [0.29, 0.717) is 6.54 Å². The van der Waals surface area contributed by atoms with E-state index in [1.54, 1.807) is 34.6 Å². The Morgan fingerprint density at radius 2 is 1.95 bits per heavy atom. The summed E-state index contributed by atoms with van der Waals surface area (Å²) in [5.41, 5.74) is -0.586. The number of carbonyl (C=O) groups is 3. The van der Waals surface area contributed by atoms with E-state index in [0.717, 1.165) is 0 Å². The number of likely N-dealkylation sites (tertiary alicyclic amines) is 1. The Morgan fingerprint density at radius 3 is 2.48 bits per heavy atom. The highest BCUT2D eigenvalue weighted by atomic mass is 16.6. The number of carbonyl (C=O) groups excluding carboxylic acids is 3. The van der Waals surface area contributed by atoms with Crippen LogP contribution >= 0.6 is 0 Å². The molecule has 1 rings (SSSR count). The van der Waals surface area contributed by atoms with Gasteiger partial charge in [-0.1, -0.05) is 6.92 Å². The standard InChI is InChI=1S/C15H25NO5/c1-6-20-13(18)12-10(2)9-16(8-7-11(12)17)14(19)21-15(3,4)5/h10,12H,6-9H2,1-5H3. The first-order valence-corrected chi connectivity index (χ1v) is 7.33. The van der Waals surface area contributed by atoms with E-state index in [1.807, 2.05) is 0 Å². The van der Waals surface area contributed by atoms with Crippen molar-refractivity contribution in [3.63, 3.8) is 0 Å². The van der Waals surface area contributed by atoms with E-state index in [-0.39, 0.29) is 31.3 Å². The lowest BCUT2D eigenvalue weighted by atomic mass is 9.90. The number of Topliss-reactive ketones (excluding diaryl/α,β-unsaturated/α-hetero) is 1. The molecule has 0 aromatic carbocycles. The van der Waals surface area contributed by atoms with Gasteiger partial charge in [-0.3, -0.25) is 9.59 Å². The lowest BCUT2D eigenvalue weighted by Crippen LogP contribution is -2.40. The van der Waals surface area contributed by atoms with Gasteiger partial charge in [0.05, 0.1) is 6.61 Å². The van der Waals surface area contributed by atoms with E-state index in [1.165, 1.54) is 4.90 Å². The van der Waals surface area contributed by atoms with Crippen LogP contribution in [0.1, 0.15) is 41.0 Å². The summed E-state index contributed by atoms with van der Waals surface area (Å²) in [5, 5.41) is 0. The first-order valence-electron chi connectivity index (χ1n) is 7.33. The fraction of sp³-hybridized carbons (Fsp3) is 0.800. The second-order valence-corrected chi connectivity index (χ2v) is 6.35. The van der Waals surface area contributed by atoms with Crippen molar-refractivity contribution in [2.45, 2.75) is 46.6 Å². The molecule has 6 nitrogen and oxygen atoms in total. The molecule has 0 aliphatic carbocycles. The van der Waals surface area contributed by atoms with Gasteiger partial charge in [0.1, 0.15) is 17.3 Å². The quantitative estimate of drug-likeness (QED) is 0.576. The van der Waals surface area contributed by atoms with Crippen LogP contribution in [-0.2, 0) is 19.1 Å². The van der Waals surface area contributed by atoms with Crippen molar-refractivity contribution < 1.29 is 23.9 Å². The van der Waals surface area contributed by atoms with Crippen molar-refractivity contribution in [3.8, 4) is 0 Å². The van der Waals surface area contributed by atoms with Crippen molar-refractivity contribution in [1.29, 1.82) is 0 Å². The van der Waals surface area contributed by atoms with Crippen LogP contribution in [-0.4, -0.2) is 48.0 Å². The highest BCUT2D eigenvalue weighted by molar-refractivity contribution is 5.99. The molecule has 1 aliphatic heterocycles. The second kappa shape index (κ2) is 6.91. The smallest absolute Gasteiger partial charge is 0.410 e. The van der Waals surface area contributed by atoms with Crippen LogP contribution in [0.2, 0.25) is 0 Å². The molecule has 21 heavy (non-hydrogen) atoms. The number of rotatable bonds is 2. The lowest BCUT2D eigenvalue weighted by molar-refractivity contribution is -0.153. The number of esters is 1. The maximum atomic E-state index is 12.1. The van der Waals surface area contributed by atoms with E-state index < -0.39 is 23.6 Å². The predicted molar refractivity (Wildman–Crippen MR) is 76.7 cm³/mol. The molecule has 0 spiro atoms. The molecule has 2 atom stereocenters. The second-order valence-electron chi connectivity index (χ2n) is 6.35. The number of nitrogens with zero attached hydrogens (tertiary/aromatic N) is 1. The van der Waals surface area contributed by atoms with Crippen LogP contribution in [0.15, 0.2) is 0 Å². The zero-order valence-electron chi connectivity index (χ0n) is 13.5. The first-order chi connectivity index (χ1) is 9.65. The van der Waals surface area contributed by atoms with Gasteiger partial charge in [-0.15, -0.1) is 0 Å². The number of ketones is 1. The minimum atomic E-state index is -0.794. The number of ether oxygens (including phenoxy) is 2. The molecule has 0 saturated carbocycles. The fourth-order valence-corrected chi connectivity index (χ4v) is 2.35. The van der Waals surface area contributed by atoms with Crippen molar-refractivity contribution in [2.75, 3.05) is 19.7 Å². The molecule has 2 unspecified atom stereocenters. The minimum absolute atomic E-state index is 0.146. The fourth-order valence-electron chi connectivity index (χ4n) is 2.35. The Kier molecular flexibility index (Phi) is 5.75. The van der Waals surface area contributed by atoms with Gasteiger partial charge in [0.15, 0.2) is 0 Å². The third kappa shape index (κ3) is 5.02. The Bertz CT molecular complexity index is 413. The van der Waals surface area contributed by atoms with Crippen LogP contribution in [0.4, 0.5) is 4.79 Å². The molecule has 1 fully saturated rings. The highest BCUT2D eigenvalue weighted by Crippen LogP contribution is 2.23. The Balaban J connectivity index is 2.79. The average molecular weight is 299 g/mol. The SMILES string of the molecule is CCOC(=O)C1C(=O)CCN(C(=O)OC(C)(C)C)CC1C. The summed E-state index contributed by atoms with van der Waals surface area (Å²) < 4.78 is 10.3. The van der Waals surface area contributed by atoms with Gasteiger partial charge in [-0.05, 0) is 33.6 Å². The molecule has 1 aliphatic rings. The zero-order chi connectivity index (χ0) is 16.2. The van der Waals surface area contributed by atoms with Crippen LogP contribution in [0.5, 0.6) is 0 Å². The summed E-state index contributed by atoms with van der Waals surface area (Å²) in [6.45, 7) is 9.68. The largest absolute Gasteiger partial charge is 0.465 e. The van der Waals surface area contributed by atoms with Crippen LogP contribution in [0, 0.1) is 11.8 Å². The van der Waals surface area contributed by atoms with Gasteiger partial charge < -0.3 is 14.4 Å². The molecule has 120 valence electrons. The van der Waals surface area contributed by atoms with Gasteiger partial charge >= 0.3 is 12.1 Å². The van der Waals surface area contributed by atoms with E-state index >= 15 is 0 Å². The van der Waals surface area contributed by atoms with Crippen molar-refractivity contribution in [1.82, 2.24) is 4.90 Å². The Hall–Kier alpha value is -1.59. The number of amides is 1. The van der Waals surface area contributed by atoms with Crippen molar-refractivity contribution in [3.05, 3.63) is 0 Å². The summed E-state index contributed by atoms with van der Waals surface area (Å²) in [7, 11) is 0. The number of hydrogen-bond acceptors (Lipinski definition) is 5. The third-order valence-electron chi connectivity index (χ3n) is 3.24. The summed E-state index contributed by atoms with van der Waals surface area (Å²) in [6.07, 6.45) is -0.306. The van der Waals surface area contributed by atoms with Crippen LogP contribution in [0.3, 0.4) is 0 Å². The average Bonchev–Trinajstić information content (AvgIpc) is 2.46. The molecule has 0 aromatic heterocycles. The Morgan fingerprint density at radius 1 is 1.33 bits per heavy atom. The summed E-state index contributed by atoms with van der Waals surface area (Å²) >= 11 is 0. The maximum absolute atomic E-state index is 12.1. The molecule has 0 aromatic rings. The Labute approximate surface area is 125 Å². The normalized spacial score (nSPS) is 23.5. The summed E-state index contributed by atoms with van der Waals surface area (Å²) in [6, 6.07) is 0. The highest BCUT2D eigenvalue weighted by Gasteiger charge is 2.38. The predicted octanol–water partition coefficient (Wildman–Crippen LogP) is 2.01. The third-order valence-corrected chi connectivity index (χ3v) is 3.24. The molecule has 6 heteroatoms. The maximum Gasteiger partial charge on any atom is 0.410 e. The van der Waals surface area contributed by atoms with Gasteiger partial charge in [0.2, 0.25) is 0 Å². The van der Waals surface area contributed by atoms with E-state index in [4.69, 9.17) is 9.47 Å². The monoisotopic (exact) mass is 299 g/mol. The van der Waals surface area contributed by atoms with Crippen LogP contribution < -0.4 is 0 Å². The molecule has 0 bridgehead atoms. The summed E-state index contributed by atoms with van der Waals surface area (Å²) in [5.74, 6) is -1.75. The molecule has 0 radical (unpaired) electrons. The van der Waals surface area contributed by atoms with Gasteiger partial charge in [0.25, 0.3) is 0 Å². The minimum Gasteiger partial charge on any atom is -0.465 e. The molecule has 1 heterocycles. The van der Waals surface area contributed by atoms with Crippen molar-refractivity contribution >= 4 is 17.8 Å². The van der Waals surface area contributed by atoms with Gasteiger partial charge in [-0.25, -0.2) is 4.79 Å². The van der Waals surface area contributed by atoms with Crippen LogP contribution in [0.25, 0.3) is 0 Å².